The number of hydrogen-bond donors (Lipinski definition) is 1. The summed E-state index contributed by atoms with van der Waals surface area (Å²) in [5, 5.41) is 9.76. The second-order valence-corrected chi connectivity index (χ2v) is 4.30. The highest BCUT2D eigenvalue weighted by Crippen LogP contribution is 2.39. The third-order valence-electron chi connectivity index (χ3n) is 3.02. The summed E-state index contributed by atoms with van der Waals surface area (Å²) in [5.74, 6) is 0.367. The number of alkyl halides is 3. The smallest absolute Gasteiger partial charge is 0.416 e. The van der Waals surface area contributed by atoms with Gasteiger partial charge in [-0.15, -0.1) is 0 Å². The maximum atomic E-state index is 12.8. The van der Waals surface area contributed by atoms with Crippen LogP contribution in [0.4, 0.5) is 13.2 Å². The zero-order valence-electron chi connectivity index (χ0n) is 11.4. The zero-order chi connectivity index (χ0) is 15.6. The first-order valence-corrected chi connectivity index (χ1v) is 5.99. The van der Waals surface area contributed by atoms with Crippen LogP contribution in [0.5, 0.6) is 17.2 Å². The molecule has 0 radical (unpaired) electrons. The lowest BCUT2D eigenvalue weighted by molar-refractivity contribution is -0.137. The predicted octanol–water partition coefficient (Wildman–Crippen LogP) is 4.10. The first kappa shape index (κ1) is 15.0. The molecule has 2 aromatic carbocycles. The summed E-state index contributed by atoms with van der Waals surface area (Å²) in [5.41, 5.74) is -0.143. The van der Waals surface area contributed by atoms with E-state index in [0.29, 0.717) is 5.56 Å². The number of aromatic hydroxyl groups is 1. The van der Waals surface area contributed by atoms with Crippen LogP contribution in [0.15, 0.2) is 36.4 Å². The Morgan fingerprint density at radius 3 is 2.05 bits per heavy atom. The number of benzene rings is 2. The maximum absolute atomic E-state index is 12.8. The minimum Gasteiger partial charge on any atom is -0.504 e. The van der Waals surface area contributed by atoms with Crippen LogP contribution in [-0.2, 0) is 6.18 Å². The number of methoxy groups -OCH3 is 2. The van der Waals surface area contributed by atoms with Gasteiger partial charge in [0.15, 0.2) is 11.5 Å². The van der Waals surface area contributed by atoms with E-state index in [1.807, 2.05) is 0 Å². The van der Waals surface area contributed by atoms with E-state index in [1.54, 1.807) is 6.07 Å². The van der Waals surface area contributed by atoms with E-state index in [9.17, 15) is 18.3 Å². The molecule has 0 aliphatic carbocycles. The number of halogens is 3. The molecule has 0 aliphatic rings. The van der Waals surface area contributed by atoms with Gasteiger partial charge in [-0.1, -0.05) is 6.07 Å². The van der Waals surface area contributed by atoms with Gasteiger partial charge in [0, 0.05) is 5.56 Å². The van der Waals surface area contributed by atoms with Crippen molar-refractivity contribution >= 4 is 0 Å². The Bertz CT molecular complexity index is 651. The molecule has 0 heterocycles. The van der Waals surface area contributed by atoms with Crippen molar-refractivity contribution in [2.75, 3.05) is 14.2 Å². The molecule has 0 bridgehead atoms. The summed E-state index contributed by atoms with van der Waals surface area (Å²) in [4.78, 5) is 0. The van der Waals surface area contributed by atoms with E-state index in [0.717, 1.165) is 12.1 Å². The van der Waals surface area contributed by atoms with Gasteiger partial charge < -0.3 is 14.6 Å². The Balaban J connectivity index is 2.58. The average molecular weight is 298 g/mol. The van der Waals surface area contributed by atoms with Crippen LogP contribution in [0.2, 0.25) is 0 Å². The fraction of sp³-hybridized carbons (Fsp3) is 0.200. The van der Waals surface area contributed by atoms with E-state index in [1.165, 1.54) is 32.4 Å². The van der Waals surface area contributed by atoms with Crippen LogP contribution in [0, 0.1) is 0 Å². The van der Waals surface area contributed by atoms with Crippen LogP contribution in [0.25, 0.3) is 11.1 Å². The first-order valence-electron chi connectivity index (χ1n) is 5.99. The SMILES string of the molecule is COc1ccc(-c2cc(C(F)(F)F)ccc2OC)cc1O. The van der Waals surface area contributed by atoms with Gasteiger partial charge in [-0.25, -0.2) is 0 Å². The van der Waals surface area contributed by atoms with Gasteiger partial charge >= 0.3 is 6.18 Å². The van der Waals surface area contributed by atoms with Gasteiger partial charge in [0.25, 0.3) is 0 Å². The summed E-state index contributed by atoms with van der Waals surface area (Å²) < 4.78 is 48.4. The van der Waals surface area contributed by atoms with E-state index in [2.05, 4.69) is 0 Å². The summed E-state index contributed by atoms with van der Waals surface area (Å²) in [6.45, 7) is 0. The molecule has 0 amide bonds. The zero-order valence-corrected chi connectivity index (χ0v) is 11.4. The molecule has 0 aromatic heterocycles. The summed E-state index contributed by atoms with van der Waals surface area (Å²) in [6.07, 6.45) is -4.45. The lowest BCUT2D eigenvalue weighted by Gasteiger charge is -2.14. The van der Waals surface area contributed by atoms with Crippen molar-refractivity contribution in [1.82, 2.24) is 0 Å². The highest BCUT2D eigenvalue weighted by atomic mass is 19.4. The van der Waals surface area contributed by atoms with Crippen LogP contribution >= 0.6 is 0 Å². The van der Waals surface area contributed by atoms with Crippen LogP contribution in [0.1, 0.15) is 5.56 Å². The van der Waals surface area contributed by atoms with Crippen molar-refractivity contribution < 1.29 is 27.8 Å². The van der Waals surface area contributed by atoms with Gasteiger partial charge in [-0.2, -0.15) is 13.2 Å². The standard InChI is InChI=1S/C15H13F3O3/c1-20-13-6-4-10(15(16,17)18)8-11(13)9-3-5-14(21-2)12(19)7-9/h3-8,19H,1-2H3. The van der Waals surface area contributed by atoms with Crippen molar-refractivity contribution in [3.8, 4) is 28.4 Å². The van der Waals surface area contributed by atoms with Crippen molar-refractivity contribution in [3.63, 3.8) is 0 Å². The Hall–Kier alpha value is -2.37. The van der Waals surface area contributed by atoms with Gasteiger partial charge in [0.1, 0.15) is 5.75 Å². The van der Waals surface area contributed by atoms with Crippen molar-refractivity contribution in [2.45, 2.75) is 6.18 Å². The Labute approximate surface area is 119 Å². The number of ether oxygens (including phenoxy) is 2. The summed E-state index contributed by atoms with van der Waals surface area (Å²) in [7, 11) is 2.76. The van der Waals surface area contributed by atoms with Crippen LogP contribution in [0.3, 0.4) is 0 Å². The number of phenols is 1. The Kier molecular flexibility index (Phi) is 3.97. The average Bonchev–Trinajstić information content (AvgIpc) is 2.45. The van der Waals surface area contributed by atoms with Crippen LogP contribution < -0.4 is 9.47 Å². The van der Waals surface area contributed by atoms with Gasteiger partial charge in [-0.05, 0) is 35.9 Å². The lowest BCUT2D eigenvalue weighted by Crippen LogP contribution is -2.05. The molecule has 6 heteroatoms. The second-order valence-electron chi connectivity index (χ2n) is 4.30. The van der Waals surface area contributed by atoms with Crippen LogP contribution in [-0.4, -0.2) is 19.3 Å². The topological polar surface area (TPSA) is 38.7 Å². The molecular formula is C15H13F3O3. The fourth-order valence-electron chi connectivity index (χ4n) is 1.97. The lowest BCUT2D eigenvalue weighted by atomic mass is 10.0. The van der Waals surface area contributed by atoms with Crippen molar-refractivity contribution in [2.24, 2.45) is 0 Å². The normalized spacial score (nSPS) is 11.3. The molecule has 0 aliphatic heterocycles. The summed E-state index contributed by atoms with van der Waals surface area (Å²) >= 11 is 0. The molecule has 1 N–H and O–H groups in total. The highest BCUT2D eigenvalue weighted by molar-refractivity contribution is 5.73. The molecule has 112 valence electrons. The largest absolute Gasteiger partial charge is 0.504 e. The molecule has 0 saturated carbocycles. The molecule has 0 fully saturated rings. The molecule has 0 spiro atoms. The predicted molar refractivity (Wildman–Crippen MR) is 71.6 cm³/mol. The van der Waals surface area contributed by atoms with E-state index in [-0.39, 0.29) is 22.8 Å². The maximum Gasteiger partial charge on any atom is 0.416 e. The number of phenolic OH excluding ortho intramolecular Hbond substituents is 1. The third kappa shape index (κ3) is 3.04. The third-order valence-corrected chi connectivity index (χ3v) is 3.02. The molecule has 3 nitrogen and oxygen atoms in total. The van der Waals surface area contributed by atoms with Gasteiger partial charge in [-0.3, -0.25) is 0 Å². The molecule has 2 aromatic rings. The fourth-order valence-corrected chi connectivity index (χ4v) is 1.97. The molecule has 0 saturated heterocycles. The molecule has 0 unspecified atom stereocenters. The minimum absolute atomic E-state index is 0.158. The number of rotatable bonds is 3. The van der Waals surface area contributed by atoms with E-state index < -0.39 is 11.7 Å². The second kappa shape index (κ2) is 5.55. The highest BCUT2D eigenvalue weighted by Gasteiger charge is 2.31. The van der Waals surface area contributed by atoms with Gasteiger partial charge in [0.05, 0.1) is 19.8 Å². The Morgan fingerprint density at radius 2 is 1.52 bits per heavy atom. The Morgan fingerprint density at radius 1 is 0.905 bits per heavy atom. The van der Waals surface area contributed by atoms with Crippen molar-refractivity contribution in [3.05, 3.63) is 42.0 Å². The molecule has 2 rings (SSSR count). The van der Waals surface area contributed by atoms with Gasteiger partial charge in [0.2, 0.25) is 0 Å². The van der Waals surface area contributed by atoms with Crippen molar-refractivity contribution in [1.29, 1.82) is 0 Å². The first-order chi connectivity index (χ1) is 9.86. The molecule has 21 heavy (non-hydrogen) atoms. The summed E-state index contributed by atoms with van der Waals surface area (Å²) in [6, 6.07) is 7.54. The molecular weight excluding hydrogens is 285 g/mol. The quantitative estimate of drug-likeness (QED) is 0.927. The monoisotopic (exact) mass is 298 g/mol. The van der Waals surface area contributed by atoms with E-state index >= 15 is 0 Å². The minimum atomic E-state index is -4.45. The molecule has 0 atom stereocenters. The van der Waals surface area contributed by atoms with E-state index in [4.69, 9.17) is 9.47 Å². The number of hydrogen-bond acceptors (Lipinski definition) is 3.